The zero-order valence-corrected chi connectivity index (χ0v) is 23.6. The van der Waals surface area contributed by atoms with Crippen molar-refractivity contribution in [3.8, 4) is 11.4 Å². The van der Waals surface area contributed by atoms with Gasteiger partial charge in [0.2, 0.25) is 11.7 Å². The van der Waals surface area contributed by atoms with E-state index in [9.17, 15) is 9.59 Å². The third-order valence-corrected chi connectivity index (χ3v) is 6.47. The van der Waals surface area contributed by atoms with E-state index in [0.29, 0.717) is 35.2 Å². The van der Waals surface area contributed by atoms with Gasteiger partial charge in [-0.1, -0.05) is 11.2 Å². The Hall–Kier alpha value is -5.10. The molecule has 5 aromatic rings. The number of hydrogen-bond acceptors (Lipinski definition) is 10. The van der Waals surface area contributed by atoms with Gasteiger partial charge in [-0.15, -0.1) is 0 Å². The van der Waals surface area contributed by atoms with Crippen molar-refractivity contribution < 1.29 is 23.6 Å². The van der Waals surface area contributed by atoms with Gasteiger partial charge in [0.1, 0.15) is 18.4 Å². The lowest BCUT2D eigenvalue weighted by Crippen LogP contribution is -2.34. The lowest BCUT2D eigenvalue weighted by atomic mass is 10.1. The van der Waals surface area contributed by atoms with Crippen molar-refractivity contribution in [2.75, 3.05) is 30.5 Å². The standard InChI is InChI=1S/C30H31N7O5/c1-4-41-28(38)14-16-36(26-7-5-6-15-31-26)30(39)22-10-13-25-24(17-22)34-27(37(25)19-40-3)18-32-23-11-8-21(9-12-23)29-33-20(2)42-35-29/h5-13,15,17,32H,4,14,16,18-19H2,1-3H3. The molecule has 1 N–H and O–H groups in total. The fourth-order valence-electron chi connectivity index (χ4n) is 4.48. The van der Waals surface area contributed by atoms with Gasteiger partial charge in [-0.25, -0.2) is 9.97 Å². The van der Waals surface area contributed by atoms with Crippen LogP contribution < -0.4 is 10.2 Å². The van der Waals surface area contributed by atoms with Crippen LogP contribution in [0.1, 0.15) is 35.4 Å². The quantitative estimate of drug-likeness (QED) is 0.212. The number of imidazole rings is 1. The third kappa shape index (κ3) is 6.44. The van der Waals surface area contributed by atoms with Crippen molar-refractivity contribution >= 4 is 34.4 Å². The molecule has 0 radical (unpaired) electrons. The summed E-state index contributed by atoms with van der Waals surface area (Å²) in [6.07, 6.45) is 1.65. The summed E-state index contributed by atoms with van der Waals surface area (Å²) in [5.74, 6) is 1.55. The summed E-state index contributed by atoms with van der Waals surface area (Å²) in [7, 11) is 1.62. The summed E-state index contributed by atoms with van der Waals surface area (Å²) in [5, 5.41) is 7.34. The summed E-state index contributed by atoms with van der Waals surface area (Å²) < 4.78 is 17.5. The molecule has 216 valence electrons. The van der Waals surface area contributed by atoms with E-state index in [1.54, 1.807) is 57.5 Å². The zero-order chi connectivity index (χ0) is 29.5. The summed E-state index contributed by atoms with van der Waals surface area (Å²) in [4.78, 5) is 40.6. The molecule has 0 unspecified atom stereocenters. The van der Waals surface area contributed by atoms with Gasteiger partial charge in [0.25, 0.3) is 5.91 Å². The minimum absolute atomic E-state index is 0.0480. The number of anilines is 2. The highest BCUT2D eigenvalue weighted by Crippen LogP contribution is 2.23. The first kappa shape index (κ1) is 28.4. The number of fused-ring (bicyclic) bond motifs is 1. The first-order valence-corrected chi connectivity index (χ1v) is 13.5. The molecule has 0 saturated carbocycles. The van der Waals surface area contributed by atoms with E-state index in [1.807, 2.05) is 34.9 Å². The number of methoxy groups -OCH3 is 1. The average Bonchev–Trinajstić information content (AvgIpc) is 3.60. The first-order valence-electron chi connectivity index (χ1n) is 13.5. The Bertz CT molecular complexity index is 1660. The minimum Gasteiger partial charge on any atom is -0.466 e. The molecule has 2 aromatic carbocycles. The van der Waals surface area contributed by atoms with Crippen LogP contribution in [0.3, 0.4) is 0 Å². The number of aromatic nitrogens is 5. The molecule has 5 rings (SSSR count). The Labute approximate surface area is 242 Å². The van der Waals surface area contributed by atoms with Crippen LogP contribution in [0.4, 0.5) is 11.5 Å². The van der Waals surface area contributed by atoms with Gasteiger partial charge in [-0.2, -0.15) is 4.98 Å². The molecule has 0 saturated heterocycles. The Kier molecular flexibility index (Phi) is 8.83. The zero-order valence-electron chi connectivity index (χ0n) is 23.6. The number of ether oxygens (including phenoxy) is 2. The summed E-state index contributed by atoms with van der Waals surface area (Å²) in [6, 6.07) is 18.3. The molecule has 12 heteroatoms. The number of rotatable bonds is 12. The largest absolute Gasteiger partial charge is 0.466 e. The second-order valence-electron chi connectivity index (χ2n) is 9.34. The van der Waals surface area contributed by atoms with Gasteiger partial charge < -0.3 is 23.9 Å². The van der Waals surface area contributed by atoms with E-state index in [0.717, 1.165) is 22.6 Å². The highest BCUT2D eigenvalue weighted by atomic mass is 16.5. The minimum atomic E-state index is -0.378. The van der Waals surface area contributed by atoms with Crippen molar-refractivity contribution in [2.45, 2.75) is 33.5 Å². The molecule has 12 nitrogen and oxygen atoms in total. The van der Waals surface area contributed by atoms with Crippen molar-refractivity contribution in [1.29, 1.82) is 0 Å². The number of pyridine rings is 1. The highest BCUT2D eigenvalue weighted by Gasteiger charge is 2.22. The van der Waals surface area contributed by atoms with Crippen molar-refractivity contribution in [2.24, 2.45) is 0 Å². The summed E-state index contributed by atoms with van der Waals surface area (Å²) in [5.41, 5.74) is 3.63. The van der Waals surface area contributed by atoms with Gasteiger partial charge in [0.15, 0.2) is 0 Å². The number of esters is 1. The monoisotopic (exact) mass is 569 g/mol. The van der Waals surface area contributed by atoms with Crippen molar-refractivity contribution in [3.63, 3.8) is 0 Å². The number of carbonyl (C=O) groups is 2. The maximum Gasteiger partial charge on any atom is 0.307 e. The normalized spacial score (nSPS) is 11.0. The number of benzene rings is 2. The molecule has 0 aliphatic rings. The molecule has 0 aliphatic carbocycles. The predicted octanol–water partition coefficient (Wildman–Crippen LogP) is 4.61. The van der Waals surface area contributed by atoms with Crippen LogP contribution in [0.5, 0.6) is 0 Å². The summed E-state index contributed by atoms with van der Waals surface area (Å²) in [6.45, 7) is 4.61. The van der Waals surface area contributed by atoms with Gasteiger partial charge in [-0.05, 0) is 61.5 Å². The lowest BCUT2D eigenvalue weighted by molar-refractivity contribution is -0.142. The van der Waals surface area contributed by atoms with Crippen molar-refractivity contribution in [3.05, 3.63) is 84.1 Å². The van der Waals surface area contributed by atoms with Crippen LogP contribution in [0.2, 0.25) is 0 Å². The van der Waals surface area contributed by atoms with Gasteiger partial charge in [-0.3, -0.25) is 14.5 Å². The topological polar surface area (TPSA) is 138 Å². The molecular formula is C30H31N7O5. The number of hydrogen-bond donors (Lipinski definition) is 1. The Morgan fingerprint density at radius 2 is 1.90 bits per heavy atom. The summed E-state index contributed by atoms with van der Waals surface area (Å²) >= 11 is 0. The average molecular weight is 570 g/mol. The predicted molar refractivity (Wildman–Crippen MR) is 156 cm³/mol. The van der Waals surface area contributed by atoms with E-state index in [2.05, 4.69) is 20.4 Å². The van der Waals surface area contributed by atoms with Gasteiger partial charge in [0, 0.05) is 43.6 Å². The number of amides is 1. The van der Waals surface area contributed by atoms with E-state index in [1.165, 1.54) is 4.90 Å². The lowest BCUT2D eigenvalue weighted by Gasteiger charge is -2.21. The molecule has 0 spiro atoms. The SMILES string of the molecule is CCOC(=O)CCN(C(=O)c1ccc2c(c1)nc(CNc1ccc(-c3noc(C)n3)cc1)n2COC)c1ccccn1. The molecule has 1 amide bonds. The number of nitrogens with zero attached hydrogens (tertiary/aromatic N) is 6. The number of carbonyl (C=O) groups excluding carboxylic acids is 2. The van der Waals surface area contributed by atoms with Crippen LogP contribution in [0, 0.1) is 6.92 Å². The van der Waals surface area contributed by atoms with Crippen LogP contribution >= 0.6 is 0 Å². The van der Waals surface area contributed by atoms with E-state index in [4.69, 9.17) is 19.0 Å². The third-order valence-electron chi connectivity index (χ3n) is 6.47. The molecule has 42 heavy (non-hydrogen) atoms. The Balaban J connectivity index is 1.36. The number of nitrogens with one attached hydrogen (secondary N) is 1. The smallest absolute Gasteiger partial charge is 0.307 e. The van der Waals surface area contributed by atoms with Gasteiger partial charge in [0.05, 0.1) is 30.6 Å². The maximum atomic E-state index is 13.7. The van der Waals surface area contributed by atoms with E-state index < -0.39 is 0 Å². The second kappa shape index (κ2) is 13.0. The molecule has 0 bridgehead atoms. The van der Waals surface area contributed by atoms with E-state index in [-0.39, 0.29) is 38.2 Å². The molecular weight excluding hydrogens is 538 g/mol. The fourth-order valence-corrected chi connectivity index (χ4v) is 4.48. The van der Waals surface area contributed by atoms with Gasteiger partial charge >= 0.3 is 5.97 Å². The molecule has 0 fully saturated rings. The van der Waals surface area contributed by atoms with Crippen LogP contribution in [-0.4, -0.2) is 56.8 Å². The maximum absolute atomic E-state index is 13.7. The van der Waals surface area contributed by atoms with Crippen LogP contribution in [-0.2, 0) is 27.5 Å². The van der Waals surface area contributed by atoms with Crippen molar-refractivity contribution in [1.82, 2.24) is 24.7 Å². The van der Waals surface area contributed by atoms with E-state index >= 15 is 0 Å². The van der Waals surface area contributed by atoms with Crippen LogP contribution in [0.15, 0.2) is 71.4 Å². The van der Waals surface area contributed by atoms with Crippen LogP contribution in [0.25, 0.3) is 22.4 Å². The first-order chi connectivity index (χ1) is 20.5. The Morgan fingerprint density at radius 3 is 2.60 bits per heavy atom. The molecule has 0 aliphatic heterocycles. The highest BCUT2D eigenvalue weighted by molar-refractivity contribution is 6.07. The number of aryl methyl sites for hydroxylation is 1. The molecule has 3 aromatic heterocycles. The fraction of sp³-hybridized carbons (Fsp3) is 0.267. The molecule has 0 atom stereocenters. The second-order valence-corrected chi connectivity index (χ2v) is 9.34. The Morgan fingerprint density at radius 1 is 1.07 bits per heavy atom. The molecule has 3 heterocycles.